The van der Waals surface area contributed by atoms with E-state index in [1.54, 1.807) is 13.8 Å². The molecule has 0 radical (unpaired) electrons. The van der Waals surface area contributed by atoms with Crippen LogP contribution in [0, 0.1) is 10.8 Å². The van der Waals surface area contributed by atoms with Crippen molar-refractivity contribution in [3.63, 3.8) is 0 Å². The van der Waals surface area contributed by atoms with E-state index >= 15 is 0 Å². The number of ether oxygens (including phenoxy) is 3. The summed E-state index contributed by atoms with van der Waals surface area (Å²) < 4.78 is 16.5. The zero-order chi connectivity index (χ0) is 32.9. The van der Waals surface area contributed by atoms with E-state index < -0.39 is 16.8 Å². The van der Waals surface area contributed by atoms with Crippen LogP contribution in [0.5, 0.6) is 0 Å². The number of hydrogen-bond acceptors (Lipinski definition) is 6. The Bertz CT molecular complexity index is 714. The van der Waals surface area contributed by atoms with Gasteiger partial charge in [0.2, 0.25) is 0 Å². The Morgan fingerprint density at radius 2 is 0.705 bits per heavy atom. The predicted molar refractivity (Wildman–Crippen MR) is 183 cm³/mol. The number of esters is 3. The Hall–Kier alpha value is -1.59. The van der Waals surface area contributed by atoms with Gasteiger partial charge in [0.15, 0.2) is 0 Å². The van der Waals surface area contributed by atoms with Gasteiger partial charge in [-0.1, -0.05) is 156 Å². The third-order valence-corrected chi connectivity index (χ3v) is 8.33. The molecule has 0 aromatic rings. The van der Waals surface area contributed by atoms with Crippen molar-refractivity contribution < 1.29 is 28.6 Å². The highest BCUT2D eigenvalue weighted by atomic mass is 16.6. The molecule has 0 unspecified atom stereocenters. The van der Waals surface area contributed by atoms with Gasteiger partial charge in [-0.2, -0.15) is 0 Å². The number of hydrogen-bond donors (Lipinski definition) is 0. The first-order valence-electron chi connectivity index (χ1n) is 18.5. The summed E-state index contributed by atoms with van der Waals surface area (Å²) >= 11 is 0. The average molecular weight is 625 g/mol. The molecule has 0 heterocycles. The van der Waals surface area contributed by atoms with Gasteiger partial charge in [-0.3, -0.25) is 14.4 Å². The van der Waals surface area contributed by atoms with Gasteiger partial charge in [-0.25, -0.2) is 0 Å². The summed E-state index contributed by atoms with van der Waals surface area (Å²) in [5, 5.41) is 0. The van der Waals surface area contributed by atoms with E-state index in [9.17, 15) is 14.4 Å². The molecule has 6 nitrogen and oxygen atoms in total. The minimum atomic E-state index is -0.936. The highest BCUT2D eigenvalue weighted by molar-refractivity contribution is 5.77. The second-order valence-electron chi connectivity index (χ2n) is 14.5. The molecular weight excluding hydrogens is 552 g/mol. The Morgan fingerprint density at radius 3 is 1.07 bits per heavy atom. The second kappa shape index (κ2) is 27.7. The van der Waals surface area contributed by atoms with Gasteiger partial charge in [0, 0.05) is 18.3 Å². The molecule has 0 N–H and O–H groups in total. The van der Waals surface area contributed by atoms with E-state index in [1.807, 2.05) is 13.8 Å². The van der Waals surface area contributed by atoms with E-state index in [2.05, 4.69) is 13.8 Å². The highest BCUT2D eigenvalue weighted by Gasteiger charge is 2.33. The minimum Gasteiger partial charge on any atom is -0.465 e. The fourth-order valence-electron chi connectivity index (χ4n) is 5.11. The third-order valence-electron chi connectivity index (χ3n) is 8.33. The van der Waals surface area contributed by atoms with Gasteiger partial charge in [0.25, 0.3) is 0 Å². The summed E-state index contributed by atoms with van der Waals surface area (Å²) in [6.07, 6.45) is 28.1. The van der Waals surface area contributed by atoms with Crippen LogP contribution < -0.4 is 0 Å². The predicted octanol–water partition coefficient (Wildman–Crippen LogP) is 11.1. The molecule has 0 aliphatic rings. The fourth-order valence-corrected chi connectivity index (χ4v) is 5.11. The summed E-state index contributed by atoms with van der Waals surface area (Å²) in [4.78, 5) is 37.1. The molecule has 0 atom stereocenters. The lowest BCUT2D eigenvalue weighted by molar-refractivity contribution is -0.165. The molecule has 260 valence electrons. The molecule has 0 saturated heterocycles. The van der Waals surface area contributed by atoms with Crippen LogP contribution in [-0.2, 0) is 28.6 Å². The molecule has 0 rings (SSSR count). The number of carbonyl (C=O) groups excluding carboxylic acids is 3. The highest BCUT2D eigenvalue weighted by Crippen LogP contribution is 2.23. The topological polar surface area (TPSA) is 78.9 Å². The van der Waals surface area contributed by atoms with Gasteiger partial charge >= 0.3 is 17.9 Å². The molecule has 0 fully saturated rings. The van der Waals surface area contributed by atoms with Crippen LogP contribution in [0.4, 0.5) is 0 Å². The van der Waals surface area contributed by atoms with Crippen LogP contribution in [0.15, 0.2) is 0 Å². The van der Waals surface area contributed by atoms with Gasteiger partial charge in [0.05, 0.1) is 18.6 Å². The lowest BCUT2D eigenvalue weighted by Gasteiger charge is -2.27. The van der Waals surface area contributed by atoms with Crippen molar-refractivity contribution in [2.45, 2.75) is 196 Å². The first-order chi connectivity index (χ1) is 21.0. The molecule has 0 amide bonds. The standard InChI is InChI=1S/C38H72O6/c1-7-9-11-13-15-17-19-21-23-25-27-29-34(39)42-31-37(3,4)32-44-36(41)38(5,6)33-43-35(40)30-28-26-24-22-20-18-16-14-12-10-8-2/h7-33H2,1-6H3. The first kappa shape index (κ1) is 42.4. The van der Waals surface area contributed by atoms with Crippen LogP contribution in [-0.4, -0.2) is 37.7 Å². The fraction of sp³-hybridized carbons (Fsp3) is 0.921. The normalized spacial score (nSPS) is 11.9. The van der Waals surface area contributed by atoms with Gasteiger partial charge in [-0.05, 0) is 26.7 Å². The average Bonchev–Trinajstić information content (AvgIpc) is 2.99. The largest absolute Gasteiger partial charge is 0.465 e. The van der Waals surface area contributed by atoms with Crippen LogP contribution in [0.2, 0.25) is 0 Å². The molecule has 0 bridgehead atoms. The van der Waals surface area contributed by atoms with E-state index in [-0.39, 0.29) is 31.8 Å². The Morgan fingerprint density at radius 1 is 0.409 bits per heavy atom. The van der Waals surface area contributed by atoms with Gasteiger partial charge in [0.1, 0.15) is 6.61 Å². The first-order valence-corrected chi connectivity index (χ1v) is 18.5. The van der Waals surface area contributed by atoms with Crippen molar-refractivity contribution in [1.82, 2.24) is 0 Å². The minimum absolute atomic E-state index is 0.00291. The maximum absolute atomic E-state index is 12.7. The van der Waals surface area contributed by atoms with Crippen molar-refractivity contribution in [2.75, 3.05) is 19.8 Å². The van der Waals surface area contributed by atoms with E-state index in [0.29, 0.717) is 12.8 Å². The third kappa shape index (κ3) is 26.8. The summed E-state index contributed by atoms with van der Waals surface area (Å²) in [5.74, 6) is -0.863. The van der Waals surface area contributed by atoms with Crippen molar-refractivity contribution in [1.29, 1.82) is 0 Å². The molecule has 0 spiro atoms. The monoisotopic (exact) mass is 625 g/mol. The summed E-state index contributed by atoms with van der Waals surface area (Å²) in [6, 6.07) is 0. The molecule has 0 saturated carbocycles. The Balaban J connectivity index is 3.91. The lowest BCUT2D eigenvalue weighted by Crippen LogP contribution is -2.36. The Kier molecular flexibility index (Phi) is 26.7. The van der Waals surface area contributed by atoms with Gasteiger partial charge < -0.3 is 14.2 Å². The van der Waals surface area contributed by atoms with E-state index in [1.165, 1.54) is 109 Å². The summed E-state index contributed by atoms with van der Waals surface area (Å²) in [5.41, 5.74) is -1.43. The zero-order valence-electron chi connectivity index (χ0n) is 30.0. The smallest absolute Gasteiger partial charge is 0.315 e. The molecule has 0 aromatic heterocycles. The summed E-state index contributed by atoms with van der Waals surface area (Å²) in [7, 11) is 0. The number of rotatable bonds is 31. The maximum atomic E-state index is 12.7. The number of unbranched alkanes of at least 4 members (excludes halogenated alkanes) is 20. The van der Waals surface area contributed by atoms with Crippen molar-refractivity contribution >= 4 is 17.9 Å². The van der Waals surface area contributed by atoms with Crippen molar-refractivity contribution in [3.05, 3.63) is 0 Å². The van der Waals surface area contributed by atoms with Crippen LogP contribution in [0.3, 0.4) is 0 Å². The lowest BCUT2D eigenvalue weighted by atomic mass is 9.93. The van der Waals surface area contributed by atoms with Crippen LogP contribution in [0.1, 0.15) is 196 Å². The van der Waals surface area contributed by atoms with Crippen LogP contribution in [0.25, 0.3) is 0 Å². The molecule has 0 aromatic carbocycles. The molecule has 0 aliphatic carbocycles. The van der Waals surface area contributed by atoms with E-state index in [0.717, 1.165) is 32.1 Å². The molecular formula is C38H72O6. The maximum Gasteiger partial charge on any atom is 0.315 e. The quantitative estimate of drug-likeness (QED) is 0.0434. The van der Waals surface area contributed by atoms with Crippen LogP contribution >= 0.6 is 0 Å². The SMILES string of the molecule is CCCCCCCCCCCCCC(=O)OCC(C)(C)COC(=O)C(C)(C)COC(=O)CCCCCCCCCCCCC. The second-order valence-corrected chi connectivity index (χ2v) is 14.5. The molecule has 44 heavy (non-hydrogen) atoms. The Labute approximate surface area is 272 Å². The molecule has 6 heteroatoms. The number of carbonyl (C=O) groups is 3. The van der Waals surface area contributed by atoms with Crippen molar-refractivity contribution in [3.8, 4) is 0 Å². The zero-order valence-corrected chi connectivity index (χ0v) is 30.0. The summed E-state index contributed by atoms with van der Waals surface area (Å²) in [6.45, 7) is 12.1. The van der Waals surface area contributed by atoms with Gasteiger partial charge in [-0.15, -0.1) is 0 Å². The molecule has 0 aliphatic heterocycles. The van der Waals surface area contributed by atoms with E-state index in [4.69, 9.17) is 14.2 Å². The van der Waals surface area contributed by atoms with Crippen molar-refractivity contribution in [2.24, 2.45) is 10.8 Å².